The number of hydrogen-bond donors (Lipinski definition) is 2. The van der Waals surface area contributed by atoms with Gasteiger partial charge in [0.1, 0.15) is 31.1 Å². The monoisotopic (exact) mass is 385 g/mol. The van der Waals surface area contributed by atoms with Crippen LogP contribution in [0, 0.1) is 0 Å². The Hall–Kier alpha value is -3.87. The van der Waals surface area contributed by atoms with Gasteiger partial charge in [0.15, 0.2) is 5.75 Å². The highest BCUT2D eigenvalue weighted by Gasteiger charge is 2.17. The van der Waals surface area contributed by atoms with Crippen molar-refractivity contribution in [3.63, 3.8) is 0 Å². The summed E-state index contributed by atoms with van der Waals surface area (Å²) >= 11 is 0. The van der Waals surface area contributed by atoms with E-state index in [0.717, 1.165) is 46.0 Å². The fourth-order valence-corrected chi connectivity index (χ4v) is 3.26. The number of nitrogens with one attached hydrogen (secondary N) is 2. The molecule has 1 aliphatic heterocycles. The second-order valence-corrected chi connectivity index (χ2v) is 6.59. The van der Waals surface area contributed by atoms with Crippen molar-refractivity contribution in [2.45, 2.75) is 6.61 Å². The molecule has 1 aliphatic rings. The van der Waals surface area contributed by atoms with Crippen molar-refractivity contribution in [1.82, 2.24) is 15.0 Å². The summed E-state index contributed by atoms with van der Waals surface area (Å²) in [6.07, 6.45) is 3.31. The summed E-state index contributed by atoms with van der Waals surface area (Å²) in [5.74, 6) is 2.27. The first-order valence-electron chi connectivity index (χ1n) is 9.41. The van der Waals surface area contributed by atoms with Gasteiger partial charge in [-0.3, -0.25) is 4.98 Å². The zero-order valence-corrected chi connectivity index (χ0v) is 15.6. The molecule has 4 aromatic rings. The largest absolute Gasteiger partial charge is 0.489 e. The lowest BCUT2D eigenvalue weighted by Crippen LogP contribution is -2.18. The topological polar surface area (TPSA) is 81.2 Å². The summed E-state index contributed by atoms with van der Waals surface area (Å²) in [6.45, 7) is 1.83. The van der Waals surface area contributed by atoms with Crippen molar-refractivity contribution in [3.05, 3.63) is 72.8 Å². The number of pyridine rings is 1. The molecular weight excluding hydrogens is 366 g/mol. The summed E-state index contributed by atoms with van der Waals surface area (Å²) in [6, 6.07) is 17.5. The van der Waals surface area contributed by atoms with Gasteiger partial charge in [0, 0.05) is 18.4 Å². The number of benzene rings is 2. The summed E-state index contributed by atoms with van der Waals surface area (Å²) in [5, 5.41) is 7.59. The second kappa shape index (κ2) is 7.63. The van der Waals surface area contributed by atoms with Crippen molar-refractivity contribution in [2.75, 3.05) is 23.8 Å². The number of anilines is 3. The quantitative estimate of drug-likeness (QED) is 0.534. The number of rotatable bonds is 5. The Bertz CT molecular complexity index is 1130. The summed E-state index contributed by atoms with van der Waals surface area (Å²) in [5.41, 5.74) is 3.58. The molecule has 0 atom stereocenters. The zero-order chi connectivity index (χ0) is 19.5. The first-order valence-corrected chi connectivity index (χ1v) is 9.41. The highest BCUT2D eigenvalue weighted by atomic mass is 16.5. The van der Waals surface area contributed by atoms with Crippen LogP contribution in [-0.4, -0.2) is 28.1 Å². The van der Waals surface area contributed by atoms with Gasteiger partial charge in [-0.25, -0.2) is 9.97 Å². The van der Waals surface area contributed by atoms with E-state index in [1.54, 1.807) is 12.5 Å². The van der Waals surface area contributed by atoms with Gasteiger partial charge in [0.2, 0.25) is 0 Å². The van der Waals surface area contributed by atoms with Crippen LogP contribution in [0.1, 0.15) is 5.69 Å². The van der Waals surface area contributed by atoms with Crippen LogP contribution in [0.2, 0.25) is 0 Å². The molecule has 0 amide bonds. The van der Waals surface area contributed by atoms with Crippen LogP contribution < -0.4 is 20.1 Å². The number of nitrogens with zero attached hydrogens (tertiary/aromatic N) is 3. The van der Waals surface area contributed by atoms with Gasteiger partial charge in [0.25, 0.3) is 0 Å². The Balaban J connectivity index is 1.37. The maximum Gasteiger partial charge on any atom is 0.155 e. The van der Waals surface area contributed by atoms with E-state index in [-0.39, 0.29) is 0 Å². The van der Waals surface area contributed by atoms with Crippen LogP contribution in [0.15, 0.2) is 67.1 Å². The Labute approximate surface area is 167 Å². The van der Waals surface area contributed by atoms with E-state index < -0.39 is 0 Å². The summed E-state index contributed by atoms with van der Waals surface area (Å²) in [4.78, 5) is 13.1. The van der Waals surface area contributed by atoms with Crippen LogP contribution in [0.5, 0.6) is 11.5 Å². The normalized spacial score (nSPS) is 12.6. The van der Waals surface area contributed by atoms with Crippen molar-refractivity contribution in [1.29, 1.82) is 0 Å². The Kier molecular flexibility index (Phi) is 4.54. The minimum Gasteiger partial charge on any atom is -0.489 e. The Morgan fingerprint density at radius 3 is 2.79 bits per heavy atom. The number of ether oxygens (including phenoxy) is 2. The third-order valence-electron chi connectivity index (χ3n) is 4.65. The molecule has 0 spiro atoms. The van der Waals surface area contributed by atoms with Crippen molar-refractivity contribution >= 4 is 28.1 Å². The molecule has 0 unspecified atom stereocenters. The Morgan fingerprint density at radius 2 is 1.93 bits per heavy atom. The minimum absolute atomic E-state index is 0.431. The molecule has 144 valence electrons. The van der Waals surface area contributed by atoms with Crippen molar-refractivity contribution < 1.29 is 9.47 Å². The van der Waals surface area contributed by atoms with Crippen molar-refractivity contribution in [3.8, 4) is 11.5 Å². The molecule has 0 aliphatic carbocycles. The molecule has 5 rings (SSSR count). The summed E-state index contributed by atoms with van der Waals surface area (Å²) < 4.78 is 11.7. The van der Waals surface area contributed by atoms with Crippen LogP contribution >= 0.6 is 0 Å². The molecule has 0 fully saturated rings. The summed E-state index contributed by atoms with van der Waals surface area (Å²) in [7, 11) is 0. The lowest BCUT2D eigenvalue weighted by Gasteiger charge is -2.21. The van der Waals surface area contributed by atoms with Gasteiger partial charge in [-0.15, -0.1) is 0 Å². The molecule has 0 bridgehead atoms. The average Bonchev–Trinajstić information content (AvgIpc) is 2.79. The van der Waals surface area contributed by atoms with Gasteiger partial charge in [0.05, 0.1) is 22.3 Å². The third kappa shape index (κ3) is 3.62. The molecule has 29 heavy (non-hydrogen) atoms. The maximum absolute atomic E-state index is 5.90. The standard InChI is InChI=1S/C22H19N5O2/c1-2-10-23-16(3-1)13-29-17-6-4-15(5-7-17)27-22-20-18(25-14-26-22)8-9-19-21(20)28-12-11-24-19/h1-10,14,24H,11-13H2,(H,25,26,27). The van der Waals surface area contributed by atoms with E-state index in [9.17, 15) is 0 Å². The lowest BCUT2D eigenvalue weighted by atomic mass is 10.1. The van der Waals surface area contributed by atoms with E-state index in [4.69, 9.17) is 9.47 Å². The molecule has 2 aromatic heterocycles. The highest BCUT2D eigenvalue weighted by molar-refractivity contribution is 5.99. The third-order valence-corrected chi connectivity index (χ3v) is 4.65. The maximum atomic E-state index is 5.90. The van der Waals surface area contributed by atoms with Gasteiger partial charge >= 0.3 is 0 Å². The van der Waals surface area contributed by atoms with Gasteiger partial charge in [-0.1, -0.05) is 6.07 Å². The molecule has 7 nitrogen and oxygen atoms in total. The van der Waals surface area contributed by atoms with Crippen LogP contribution in [-0.2, 0) is 6.61 Å². The molecule has 2 N–H and O–H groups in total. The Morgan fingerprint density at radius 1 is 1.00 bits per heavy atom. The predicted octanol–water partition coefficient (Wildman–Crippen LogP) is 4.15. The fourth-order valence-electron chi connectivity index (χ4n) is 3.26. The van der Waals surface area contributed by atoms with Gasteiger partial charge < -0.3 is 20.1 Å². The molecule has 7 heteroatoms. The molecule has 0 saturated carbocycles. The van der Waals surface area contributed by atoms with Crippen LogP contribution in [0.4, 0.5) is 17.2 Å². The molecule has 0 saturated heterocycles. The second-order valence-electron chi connectivity index (χ2n) is 6.59. The zero-order valence-electron chi connectivity index (χ0n) is 15.6. The SMILES string of the molecule is c1ccc(COc2ccc(Nc3ncnc4ccc5c(c34)OCCN5)cc2)nc1. The molecule has 0 radical (unpaired) electrons. The average molecular weight is 385 g/mol. The van der Waals surface area contributed by atoms with E-state index in [1.807, 2.05) is 54.6 Å². The van der Waals surface area contributed by atoms with E-state index in [2.05, 4.69) is 25.6 Å². The highest BCUT2D eigenvalue weighted by Crippen LogP contribution is 2.38. The smallest absolute Gasteiger partial charge is 0.155 e. The predicted molar refractivity (Wildman–Crippen MR) is 112 cm³/mol. The molecule has 3 heterocycles. The lowest BCUT2D eigenvalue weighted by molar-refractivity contribution is 0.301. The van der Waals surface area contributed by atoms with Crippen molar-refractivity contribution in [2.24, 2.45) is 0 Å². The fraction of sp³-hybridized carbons (Fsp3) is 0.136. The number of fused-ring (bicyclic) bond motifs is 3. The van der Waals surface area contributed by atoms with Gasteiger partial charge in [-0.2, -0.15) is 0 Å². The van der Waals surface area contributed by atoms with Gasteiger partial charge in [-0.05, 0) is 48.5 Å². The van der Waals surface area contributed by atoms with E-state index in [0.29, 0.717) is 19.0 Å². The minimum atomic E-state index is 0.431. The number of hydrogen-bond acceptors (Lipinski definition) is 7. The van der Waals surface area contributed by atoms with Crippen LogP contribution in [0.3, 0.4) is 0 Å². The molecular formula is C22H19N5O2. The van der Waals surface area contributed by atoms with E-state index in [1.165, 1.54) is 0 Å². The van der Waals surface area contributed by atoms with E-state index >= 15 is 0 Å². The molecule has 2 aromatic carbocycles. The first-order chi connectivity index (χ1) is 14.4. The van der Waals surface area contributed by atoms with Crippen LogP contribution in [0.25, 0.3) is 10.9 Å². The first kappa shape index (κ1) is 17.2. The number of aromatic nitrogens is 3.